The quantitative estimate of drug-likeness (QED) is 0.921. The van der Waals surface area contributed by atoms with Gasteiger partial charge in [-0.25, -0.2) is 9.97 Å². The van der Waals surface area contributed by atoms with Crippen molar-refractivity contribution >= 4 is 23.1 Å². The van der Waals surface area contributed by atoms with Gasteiger partial charge in [0.1, 0.15) is 17.4 Å². The van der Waals surface area contributed by atoms with E-state index in [4.69, 9.17) is 16.3 Å². The van der Waals surface area contributed by atoms with Crippen molar-refractivity contribution in [2.75, 3.05) is 12.4 Å². The molecule has 0 saturated carbocycles. The summed E-state index contributed by atoms with van der Waals surface area (Å²) in [6, 6.07) is 5.49. The van der Waals surface area contributed by atoms with E-state index in [1.165, 1.54) is 0 Å². The number of ether oxygens (including phenoxy) is 1. The number of hydrogen-bond acceptors (Lipinski definition) is 4. The molecule has 0 spiro atoms. The second kappa shape index (κ2) is 5.23. The molecule has 18 heavy (non-hydrogen) atoms. The van der Waals surface area contributed by atoms with Gasteiger partial charge in [-0.3, -0.25) is 0 Å². The minimum absolute atomic E-state index is 0.582. The van der Waals surface area contributed by atoms with Gasteiger partial charge in [-0.1, -0.05) is 11.6 Å². The van der Waals surface area contributed by atoms with Crippen molar-refractivity contribution in [2.24, 2.45) is 0 Å². The summed E-state index contributed by atoms with van der Waals surface area (Å²) < 4.78 is 5.17. The molecule has 5 heteroatoms. The Morgan fingerprint density at radius 1 is 1.28 bits per heavy atom. The van der Waals surface area contributed by atoms with Crippen molar-refractivity contribution in [1.29, 1.82) is 0 Å². The van der Waals surface area contributed by atoms with Crippen molar-refractivity contribution < 1.29 is 4.74 Å². The maximum absolute atomic E-state index is 5.98. The molecule has 0 fully saturated rings. The fourth-order valence-electron chi connectivity index (χ4n) is 1.53. The smallest absolute Gasteiger partial charge is 0.139 e. The van der Waals surface area contributed by atoms with Crippen LogP contribution in [0.5, 0.6) is 5.75 Å². The predicted molar refractivity (Wildman–Crippen MR) is 72.8 cm³/mol. The molecule has 0 atom stereocenters. The van der Waals surface area contributed by atoms with Crippen molar-refractivity contribution in [3.8, 4) is 5.75 Å². The van der Waals surface area contributed by atoms with E-state index < -0.39 is 0 Å². The van der Waals surface area contributed by atoms with Crippen LogP contribution in [0.15, 0.2) is 24.4 Å². The highest BCUT2D eigenvalue weighted by Crippen LogP contribution is 2.29. The molecule has 0 aliphatic heterocycles. The van der Waals surface area contributed by atoms with Crippen molar-refractivity contribution in [2.45, 2.75) is 13.8 Å². The van der Waals surface area contributed by atoms with Crippen LogP contribution in [0.1, 0.15) is 11.4 Å². The average molecular weight is 264 g/mol. The lowest BCUT2D eigenvalue weighted by Crippen LogP contribution is -2.00. The summed E-state index contributed by atoms with van der Waals surface area (Å²) in [7, 11) is 1.59. The molecule has 1 aromatic heterocycles. The third-order valence-electron chi connectivity index (χ3n) is 2.51. The zero-order valence-electron chi connectivity index (χ0n) is 10.5. The highest BCUT2D eigenvalue weighted by atomic mass is 35.5. The zero-order valence-corrected chi connectivity index (χ0v) is 11.2. The van der Waals surface area contributed by atoms with E-state index in [1.807, 2.05) is 26.0 Å². The molecule has 94 valence electrons. The van der Waals surface area contributed by atoms with Crippen LogP contribution in [0.25, 0.3) is 0 Å². The highest BCUT2D eigenvalue weighted by molar-refractivity contribution is 6.32. The Hall–Kier alpha value is -1.81. The fraction of sp³-hybridized carbons (Fsp3) is 0.231. The van der Waals surface area contributed by atoms with Gasteiger partial charge in [-0.2, -0.15) is 0 Å². The first-order valence-electron chi connectivity index (χ1n) is 5.51. The molecule has 0 amide bonds. The van der Waals surface area contributed by atoms with Gasteiger partial charge in [0.25, 0.3) is 0 Å². The molecule has 4 nitrogen and oxygen atoms in total. The minimum atomic E-state index is 0.582. The van der Waals surface area contributed by atoms with E-state index in [-0.39, 0.29) is 0 Å². The topological polar surface area (TPSA) is 47.0 Å². The molecule has 0 bridgehead atoms. The van der Waals surface area contributed by atoms with Crippen LogP contribution in [0.4, 0.5) is 11.5 Å². The Labute approximate surface area is 111 Å². The summed E-state index contributed by atoms with van der Waals surface area (Å²) in [5.41, 5.74) is 1.85. The first kappa shape index (κ1) is 12.6. The number of rotatable bonds is 3. The number of aromatic nitrogens is 2. The summed E-state index contributed by atoms with van der Waals surface area (Å²) in [6.45, 7) is 3.81. The van der Waals surface area contributed by atoms with Crippen molar-refractivity contribution in [3.63, 3.8) is 0 Å². The zero-order chi connectivity index (χ0) is 13.1. The molecule has 0 radical (unpaired) electrons. The molecule has 0 unspecified atom stereocenters. The SMILES string of the molecule is COc1cc(Nc2nc(C)ncc2C)ccc1Cl. The average Bonchev–Trinajstić information content (AvgIpc) is 2.36. The second-order valence-corrected chi connectivity index (χ2v) is 4.33. The predicted octanol–water partition coefficient (Wildman–Crippen LogP) is 3.50. The van der Waals surface area contributed by atoms with Gasteiger partial charge >= 0.3 is 0 Å². The number of benzene rings is 1. The maximum atomic E-state index is 5.98. The van der Waals surface area contributed by atoms with Gasteiger partial charge in [-0.15, -0.1) is 0 Å². The Balaban J connectivity index is 2.31. The van der Waals surface area contributed by atoms with Crippen LogP contribution in [0.3, 0.4) is 0 Å². The number of nitrogens with zero attached hydrogens (tertiary/aromatic N) is 2. The number of hydrogen-bond donors (Lipinski definition) is 1. The van der Waals surface area contributed by atoms with Crippen LogP contribution < -0.4 is 10.1 Å². The molecule has 0 aliphatic carbocycles. The van der Waals surface area contributed by atoms with Crippen LogP contribution in [-0.2, 0) is 0 Å². The van der Waals surface area contributed by atoms with E-state index in [9.17, 15) is 0 Å². The number of halogens is 1. The van der Waals surface area contributed by atoms with E-state index in [2.05, 4.69) is 15.3 Å². The second-order valence-electron chi connectivity index (χ2n) is 3.92. The summed E-state index contributed by atoms with van der Waals surface area (Å²) in [4.78, 5) is 8.48. The first-order chi connectivity index (χ1) is 8.60. The fourth-order valence-corrected chi connectivity index (χ4v) is 1.73. The molecule has 2 aromatic rings. The summed E-state index contributed by atoms with van der Waals surface area (Å²) in [6.07, 6.45) is 1.79. The largest absolute Gasteiger partial charge is 0.495 e. The van der Waals surface area contributed by atoms with Crippen molar-refractivity contribution in [3.05, 3.63) is 40.8 Å². The Morgan fingerprint density at radius 2 is 2.06 bits per heavy atom. The van der Waals surface area contributed by atoms with Crippen LogP contribution in [0, 0.1) is 13.8 Å². The van der Waals surface area contributed by atoms with Gasteiger partial charge in [0, 0.05) is 23.5 Å². The normalized spacial score (nSPS) is 10.2. The molecular weight excluding hydrogens is 250 g/mol. The Morgan fingerprint density at radius 3 is 2.78 bits per heavy atom. The molecule has 0 saturated heterocycles. The van der Waals surface area contributed by atoms with E-state index in [0.29, 0.717) is 10.8 Å². The summed E-state index contributed by atoms with van der Waals surface area (Å²) in [5, 5.41) is 3.81. The van der Waals surface area contributed by atoms with Crippen LogP contribution in [-0.4, -0.2) is 17.1 Å². The van der Waals surface area contributed by atoms with Crippen LogP contribution >= 0.6 is 11.6 Å². The lowest BCUT2D eigenvalue weighted by Gasteiger charge is -2.10. The van der Waals surface area contributed by atoms with Gasteiger partial charge < -0.3 is 10.1 Å². The molecule has 2 rings (SSSR count). The Bertz CT molecular complexity index is 572. The lowest BCUT2D eigenvalue weighted by atomic mass is 10.2. The van der Waals surface area contributed by atoms with Crippen LogP contribution in [0.2, 0.25) is 5.02 Å². The number of methoxy groups -OCH3 is 1. The van der Waals surface area contributed by atoms with Crippen molar-refractivity contribution in [1.82, 2.24) is 9.97 Å². The third-order valence-corrected chi connectivity index (χ3v) is 2.82. The summed E-state index contributed by atoms with van der Waals surface area (Å²) in [5.74, 6) is 2.14. The van der Waals surface area contributed by atoms with E-state index in [0.717, 1.165) is 22.9 Å². The maximum Gasteiger partial charge on any atom is 0.139 e. The van der Waals surface area contributed by atoms with Gasteiger partial charge in [-0.05, 0) is 26.0 Å². The highest BCUT2D eigenvalue weighted by Gasteiger charge is 2.05. The molecule has 0 aliphatic rings. The summed E-state index contributed by atoms with van der Waals surface area (Å²) >= 11 is 5.98. The standard InChI is InChI=1S/C13H14ClN3O/c1-8-7-15-9(2)16-13(8)17-10-4-5-11(14)12(6-10)18-3/h4-7H,1-3H3,(H,15,16,17). The molecule has 1 N–H and O–H groups in total. The molecular formula is C13H14ClN3O. The molecule has 1 heterocycles. The van der Waals surface area contributed by atoms with E-state index >= 15 is 0 Å². The minimum Gasteiger partial charge on any atom is -0.495 e. The number of aryl methyl sites for hydroxylation is 2. The number of nitrogens with one attached hydrogen (secondary N) is 1. The monoisotopic (exact) mass is 263 g/mol. The first-order valence-corrected chi connectivity index (χ1v) is 5.89. The Kier molecular flexibility index (Phi) is 3.67. The van der Waals surface area contributed by atoms with Gasteiger partial charge in [0.2, 0.25) is 0 Å². The van der Waals surface area contributed by atoms with Gasteiger partial charge in [0.15, 0.2) is 0 Å². The third kappa shape index (κ3) is 2.71. The van der Waals surface area contributed by atoms with Gasteiger partial charge in [0.05, 0.1) is 12.1 Å². The molecule has 1 aromatic carbocycles. The lowest BCUT2D eigenvalue weighted by molar-refractivity contribution is 0.415. The van der Waals surface area contributed by atoms with E-state index in [1.54, 1.807) is 19.4 Å². The number of anilines is 2.